The highest BCUT2D eigenvalue weighted by atomic mass is 35.5. The Morgan fingerprint density at radius 2 is 2.00 bits per heavy atom. The van der Waals surface area contributed by atoms with E-state index >= 15 is 0 Å². The van der Waals surface area contributed by atoms with E-state index in [-0.39, 0.29) is 5.69 Å². The number of pyridine rings is 1. The third kappa shape index (κ3) is 2.73. The van der Waals surface area contributed by atoms with Crippen LogP contribution < -0.4 is 4.90 Å². The molecule has 5 nitrogen and oxygen atoms in total. The lowest BCUT2D eigenvalue weighted by molar-refractivity contribution is -0.384. The molecular weight excluding hydrogens is 302 g/mol. The van der Waals surface area contributed by atoms with Gasteiger partial charge in [0.05, 0.1) is 15.5 Å². The number of hydrogen-bond donors (Lipinski definition) is 0. The molecule has 0 unspecified atom stereocenters. The predicted octanol–water partition coefficient (Wildman–Crippen LogP) is 4.42. The summed E-state index contributed by atoms with van der Waals surface area (Å²) in [6.07, 6.45) is 3.92. The third-order valence-corrected chi connectivity index (χ3v) is 4.72. The minimum atomic E-state index is -0.441. The average Bonchev–Trinajstić information content (AvgIpc) is 2.46. The fourth-order valence-electron chi connectivity index (χ4n) is 2.93. The van der Waals surface area contributed by atoms with E-state index in [9.17, 15) is 10.1 Å². The van der Waals surface area contributed by atoms with Crippen molar-refractivity contribution in [3.63, 3.8) is 0 Å². The quantitative estimate of drug-likeness (QED) is 0.607. The molecule has 0 N–H and O–H groups in total. The maximum Gasteiger partial charge on any atom is 0.273 e. The Labute approximate surface area is 134 Å². The first-order valence-electron chi connectivity index (χ1n) is 7.35. The van der Waals surface area contributed by atoms with Crippen molar-refractivity contribution in [1.29, 1.82) is 0 Å². The summed E-state index contributed by atoms with van der Waals surface area (Å²) in [5.41, 5.74) is 1.92. The zero-order valence-corrected chi connectivity index (χ0v) is 13.4. The average molecular weight is 320 g/mol. The van der Waals surface area contributed by atoms with Crippen LogP contribution in [0.4, 0.5) is 11.4 Å². The molecule has 1 aliphatic rings. The molecule has 1 aliphatic heterocycles. The van der Waals surface area contributed by atoms with Gasteiger partial charge in [-0.1, -0.05) is 25.4 Å². The first-order chi connectivity index (χ1) is 10.4. The van der Waals surface area contributed by atoms with Crippen LogP contribution in [-0.4, -0.2) is 23.0 Å². The molecule has 1 saturated heterocycles. The highest BCUT2D eigenvalue weighted by Gasteiger charge is 2.27. The van der Waals surface area contributed by atoms with Crippen molar-refractivity contribution in [1.82, 2.24) is 4.98 Å². The van der Waals surface area contributed by atoms with Crippen molar-refractivity contribution in [3.8, 4) is 0 Å². The molecule has 116 valence electrons. The number of non-ortho nitro benzene ring substituents is 1. The lowest BCUT2D eigenvalue weighted by atomic mass is 9.82. The van der Waals surface area contributed by atoms with E-state index in [1.54, 1.807) is 6.20 Å². The second-order valence-electron chi connectivity index (χ2n) is 6.56. The zero-order valence-electron chi connectivity index (χ0n) is 12.7. The molecule has 0 aliphatic carbocycles. The van der Waals surface area contributed by atoms with Crippen LogP contribution in [0.3, 0.4) is 0 Å². The summed E-state index contributed by atoms with van der Waals surface area (Å²) < 4.78 is 0. The first-order valence-corrected chi connectivity index (χ1v) is 7.73. The lowest BCUT2D eigenvalue weighted by Crippen LogP contribution is -2.37. The molecule has 0 radical (unpaired) electrons. The number of benzene rings is 1. The molecule has 22 heavy (non-hydrogen) atoms. The monoisotopic (exact) mass is 319 g/mol. The predicted molar refractivity (Wildman–Crippen MR) is 88.6 cm³/mol. The number of fused-ring (bicyclic) bond motifs is 1. The number of halogens is 1. The van der Waals surface area contributed by atoms with Gasteiger partial charge in [0.1, 0.15) is 0 Å². The molecule has 0 atom stereocenters. The number of nitro benzene ring substituents is 1. The molecule has 0 bridgehead atoms. The van der Waals surface area contributed by atoms with E-state index < -0.39 is 4.92 Å². The van der Waals surface area contributed by atoms with Crippen LogP contribution in [0.1, 0.15) is 26.7 Å². The van der Waals surface area contributed by atoms with Crippen molar-refractivity contribution in [2.75, 3.05) is 18.0 Å². The van der Waals surface area contributed by atoms with Crippen molar-refractivity contribution in [2.45, 2.75) is 26.7 Å². The molecule has 3 rings (SSSR count). The van der Waals surface area contributed by atoms with Crippen LogP contribution in [0.2, 0.25) is 5.02 Å². The maximum atomic E-state index is 11.0. The molecule has 0 saturated carbocycles. The van der Waals surface area contributed by atoms with Crippen LogP contribution in [0, 0.1) is 15.5 Å². The van der Waals surface area contributed by atoms with Gasteiger partial charge in [-0.3, -0.25) is 15.1 Å². The van der Waals surface area contributed by atoms with E-state index in [1.807, 2.05) is 6.07 Å². The van der Waals surface area contributed by atoms with Gasteiger partial charge >= 0.3 is 0 Å². The smallest absolute Gasteiger partial charge is 0.273 e. The Bertz CT molecular complexity index is 735. The van der Waals surface area contributed by atoms with Crippen molar-refractivity contribution >= 4 is 33.9 Å². The van der Waals surface area contributed by atoms with Gasteiger partial charge in [-0.25, -0.2) is 0 Å². The van der Waals surface area contributed by atoms with Crippen LogP contribution >= 0.6 is 11.6 Å². The van der Waals surface area contributed by atoms with Gasteiger partial charge < -0.3 is 4.90 Å². The number of anilines is 1. The number of piperidine rings is 1. The van der Waals surface area contributed by atoms with Crippen LogP contribution in [-0.2, 0) is 0 Å². The van der Waals surface area contributed by atoms with E-state index in [4.69, 9.17) is 11.6 Å². The molecule has 6 heteroatoms. The molecule has 0 amide bonds. The Hall–Kier alpha value is -1.88. The standard InChI is InChI=1S/C16H18ClN3O2/c1-16(2)4-7-19(8-5-16)14-3-6-18-13-10-11(20(21)22)9-12(17)15(13)14/h3,6,9-10H,4-5,7-8H2,1-2H3. The lowest BCUT2D eigenvalue weighted by Gasteiger charge is -2.38. The minimum absolute atomic E-state index is 0.0260. The summed E-state index contributed by atoms with van der Waals surface area (Å²) in [7, 11) is 0. The van der Waals surface area contributed by atoms with Gasteiger partial charge in [0.15, 0.2) is 0 Å². The summed E-state index contributed by atoms with van der Waals surface area (Å²) in [4.78, 5) is 17.1. The van der Waals surface area contributed by atoms with Crippen LogP contribution in [0.5, 0.6) is 0 Å². The Balaban J connectivity index is 2.06. The fourth-order valence-corrected chi connectivity index (χ4v) is 3.23. The summed E-state index contributed by atoms with van der Waals surface area (Å²) >= 11 is 6.32. The van der Waals surface area contributed by atoms with E-state index in [1.165, 1.54) is 12.1 Å². The molecular formula is C16H18ClN3O2. The van der Waals surface area contributed by atoms with Gasteiger partial charge in [-0.15, -0.1) is 0 Å². The zero-order chi connectivity index (χ0) is 15.9. The van der Waals surface area contributed by atoms with Gasteiger partial charge in [-0.2, -0.15) is 0 Å². The molecule has 1 aromatic heterocycles. The maximum absolute atomic E-state index is 11.0. The molecule has 1 fully saturated rings. The number of rotatable bonds is 2. The summed E-state index contributed by atoms with van der Waals surface area (Å²) in [6, 6.07) is 4.83. The highest BCUT2D eigenvalue weighted by molar-refractivity contribution is 6.36. The van der Waals surface area contributed by atoms with E-state index in [0.717, 1.165) is 37.0 Å². The van der Waals surface area contributed by atoms with Crippen molar-refractivity contribution in [3.05, 3.63) is 39.5 Å². The summed E-state index contributed by atoms with van der Waals surface area (Å²) in [5.74, 6) is 0. The van der Waals surface area contributed by atoms with Gasteiger partial charge in [-0.05, 0) is 24.3 Å². The van der Waals surface area contributed by atoms with Crippen molar-refractivity contribution in [2.24, 2.45) is 5.41 Å². The van der Waals surface area contributed by atoms with Gasteiger partial charge in [0.25, 0.3) is 5.69 Å². The first kappa shape index (κ1) is 15.0. The second kappa shape index (κ2) is 5.39. The Kier molecular flexibility index (Phi) is 3.68. The number of aromatic nitrogens is 1. The van der Waals surface area contributed by atoms with E-state index in [2.05, 4.69) is 23.7 Å². The fraction of sp³-hybridized carbons (Fsp3) is 0.438. The summed E-state index contributed by atoms with van der Waals surface area (Å²) in [5, 5.41) is 12.2. The number of nitrogens with zero attached hydrogens (tertiary/aromatic N) is 3. The van der Waals surface area contributed by atoms with Gasteiger partial charge in [0.2, 0.25) is 0 Å². The van der Waals surface area contributed by atoms with Crippen LogP contribution in [0.15, 0.2) is 24.4 Å². The molecule has 1 aromatic carbocycles. The normalized spacial score (nSPS) is 17.7. The van der Waals surface area contributed by atoms with Gasteiger partial charge in [0, 0.05) is 42.5 Å². The minimum Gasteiger partial charge on any atom is -0.371 e. The second-order valence-corrected chi connectivity index (χ2v) is 6.97. The van der Waals surface area contributed by atoms with E-state index in [0.29, 0.717) is 16.0 Å². The summed E-state index contributed by atoms with van der Waals surface area (Å²) in [6.45, 7) is 6.48. The third-order valence-electron chi connectivity index (χ3n) is 4.42. The molecule has 0 spiro atoms. The van der Waals surface area contributed by atoms with Crippen LogP contribution in [0.25, 0.3) is 10.9 Å². The topological polar surface area (TPSA) is 59.3 Å². The largest absolute Gasteiger partial charge is 0.371 e. The SMILES string of the molecule is CC1(C)CCN(c2ccnc3cc([N+](=O)[O-])cc(Cl)c23)CC1. The number of hydrogen-bond acceptors (Lipinski definition) is 4. The van der Waals surface area contributed by atoms with Crippen molar-refractivity contribution < 1.29 is 4.92 Å². The Morgan fingerprint density at radius 1 is 1.32 bits per heavy atom. The molecule has 2 heterocycles. The molecule has 2 aromatic rings. The highest BCUT2D eigenvalue weighted by Crippen LogP contribution is 2.38. The number of nitro groups is 1. The Morgan fingerprint density at radius 3 is 2.64 bits per heavy atom.